The summed E-state index contributed by atoms with van der Waals surface area (Å²) < 4.78 is 64.8. The molecule has 8 aromatic rings. The Labute approximate surface area is 624 Å². The Hall–Kier alpha value is -9.67. The van der Waals surface area contributed by atoms with Crippen molar-refractivity contribution in [3.8, 4) is 46.0 Å². The van der Waals surface area contributed by atoms with E-state index in [0.29, 0.717) is 113 Å². The summed E-state index contributed by atoms with van der Waals surface area (Å²) in [6, 6.07) is 41.6. The zero-order chi connectivity index (χ0) is 74.1. The predicted molar refractivity (Wildman–Crippen MR) is 400 cm³/mol. The van der Waals surface area contributed by atoms with Crippen molar-refractivity contribution in [2.45, 2.75) is 104 Å². The molecular weight excluding hydrogens is 1370 g/mol. The van der Waals surface area contributed by atoms with Crippen molar-refractivity contribution in [1.29, 1.82) is 0 Å². The molecule has 0 bridgehead atoms. The third-order valence-corrected chi connectivity index (χ3v) is 22.3. The van der Waals surface area contributed by atoms with Crippen molar-refractivity contribution in [1.82, 2.24) is 29.6 Å². The third-order valence-electron chi connectivity index (χ3n) is 22.3. The van der Waals surface area contributed by atoms with Crippen LogP contribution in [0.3, 0.4) is 0 Å². The Morgan fingerprint density at radius 1 is 0.393 bits per heavy atom. The van der Waals surface area contributed by atoms with Crippen LogP contribution in [0.15, 0.2) is 170 Å². The minimum absolute atomic E-state index is 0. The number of ketones is 4. The van der Waals surface area contributed by atoms with Crippen molar-refractivity contribution < 1.29 is 71.7 Å². The molecular formula is C86H97F3N6O12. The molecule has 6 heterocycles. The molecule has 8 aliphatic rings. The highest BCUT2D eigenvalue weighted by Gasteiger charge is 2.46. The molecule has 4 unspecified atom stereocenters. The first-order chi connectivity index (χ1) is 51.1. The number of carbonyl (C=O) groups excluding carboxylic acids is 4. The molecule has 12 atom stereocenters. The highest BCUT2D eigenvalue weighted by molar-refractivity contribution is 5.99. The van der Waals surface area contributed by atoms with Gasteiger partial charge < -0.3 is 39.4 Å². The lowest BCUT2D eigenvalue weighted by atomic mass is 10.0. The number of Topliss-reactive ketones (excluding diaryl/α,β-unsaturated/α-hetero) is 4. The van der Waals surface area contributed by atoms with Crippen LogP contribution in [0.5, 0.6) is 46.0 Å². The SMILES string of the molecule is C.Cc1cc(F)cc(OC2C[C@@H]3CN(CC(=O)c4ccc(O)cn4)C[C@@H]3C2)c1.Cc1ccc(OC2C[C@@H]3CN(CC(=O)c4ccc(O)c(F)c4)C[C@@H]3C2)cc1.Cc1ccc(OC2C[C@@H]3CN(CC(=O)c4ccc(O)cc4)C[C@@H]3C2)cc1F.O=C(CN1C[C@H]2CC(Oc3cccnc3)C[C@H]2C1)c1ccc(O)cc1. The van der Waals surface area contributed by atoms with Crippen molar-refractivity contribution in [2.24, 2.45) is 47.3 Å². The fourth-order valence-corrected chi connectivity index (χ4v) is 17.2. The number of phenols is 3. The van der Waals surface area contributed by atoms with Crippen LogP contribution in [-0.4, -0.2) is 176 Å². The topological polar surface area (TPSA) is 225 Å². The van der Waals surface area contributed by atoms with Crippen molar-refractivity contribution in [3.63, 3.8) is 0 Å². The van der Waals surface area contributed by atoms with E-state index in [9.17, 15) is 52.8 Å². The zero-order valence-electron chi connectivity index (χ0n) is 60.1. The molecule has 8 fully saturated rings. The van der Waals surface area contributed by atoms with Crippen LogP contribution in [0.2, 0.25) is 0 Å². The third kappa shape index (κ3) is 20.5. The lowest BCUT2D eigenvalue weighted by Gasteiger charge is -2.19. The van der Waals surface area contributed by atoms with Gasteiger partial charge in [0, 0.05) is 87.4 Å². The molecule has 4 saturated carbocycles. The molecule has 0 spiro atoms. The van der Waals surface area contributed by atoms with Gasteiger partial charge in [0.25, 0.3) is 0 Å². The first kappa shape index (κ1) is 77.0. The number of benzene rings is 6. The Morgan fingerprint density at radius 2 is 0.804 bits per heavy atom. The molecule has 4 saturated heterocycles. The van der Waals surface area contributed by atoms with E-state index in [1.807, 2.05) is 43.3 Å². The highest BCUT2D eigenvalue weighted by atomic mass is 19.1. The summed E-state index contributed by atoms with van der Waals surface area (Å²) in [5.41, 5.74) is 4.69. The first-order valence-electron chi connectivity index (χ1n) is 37.0. The molecule has 21 heteroatoms. The molecule has 18 nitrogen and oxygen atoms in total. The molecule has 4 aliphatic carbocycles. The number of likely N-dealkylation sites (tertiary alicyclic amines) is 4. The fourth-order valence-electron chi connectivity index (χ4n) is 17.2. The number of ether oxygens (including phenoxy) is 4. The molecule has 107 heavy (non-hydrogen) atoms. The van der Waals surface area contributed by atoms with Crippen LogP contribution in [0.25, 0.3) is 0 Å². The van der Waals surface area contributed by atoms with Crippen molar-refractivity contribution in [2.75, 3.05) is 78.5 Å². The van der Waals surface area contributed by atoms with Crippen LogP contribution in [0, 0.1) is 85.6 Å². The number of rotatable bonds is 20. The summed E-state index contributed by atoms with van der Waals surface area (Å²) in [6.07, 6.45) is 13.4. The number of hydrogen-bond donors (Lipinski definition) is 4. The zero-order valence-corrected chi connectivity index (χ0v) is 60.1. The van der Waals surface area contributed by atoms with Gasteiger partial charge in [-0.05, 0) is 252 Å². The van der Waals surface area contributed by atoms with Crippen molar-refractivity contribution in [3.05, 3.63) is 227 Å². The predicted octanol–water partition coefficient (Wildman–Crippen LogP) is 14.2. The Balaban J connectivity index is 0.000000133. The van der Waals surface area contributed by atoms with Gasteiger partial charge in [0.15, 0.2) is 34.7 Å². The maximum absolute atomic E-state index is 13.7. The van der Waals surface area contributed by atoms with Crippen LogP contribution < -0.4 is 18.9 Å². The minimum atomic E-state index is -0.754. The number of carbonyl (C=O) groups is 4. The largest absolute Gasteiger partial charge is 0.508 e. The van der Waals surface area contributed by atoms with Gasteiger partial charge in [-0.1, -0.05) is 31.2 Å². The minimum Gasteiger partial charge on any atom is -0.508 e. The van der Waals surface area contributed by atoms with Gasteiger partial charge in [0.2, 0.25) is 0 Å². The lowest BCUT2D eigenvalue weighted by Crippen LogP contribution is -2.30. The number of pyridine rings is 2. The smallest absolute Gasteiger partial charge is 0.195 e. The van der Waals surface area contributed by atoms with Gasteiger partial charge in [-0.15, -0.1) is 0 Å². The van der Waals surface area contributed by atoms with Crippen molar-refractivity contribution >= 4 is 23.1 Å². The van der Waals surface area contributed by atoms with Crippen LogP contribution in [0.4, 0.5) is 13.2 Å². The van der Waals surface area contributed by atoms with E-state index < -0.39 is 11.6 Å². The molecule has 4 N–H and O–H groups in total. The molecule has 16 rings (SSSR count). The second-order valence-electron chi connectivity index (χ2n) is 30.4. The summed E-state index contributed by atoms with van der Waals surface area (Å²) in [5.74, 6) is 6.11. The quantitative estimate of drug-likeness (QED) is 0.0521. The molecule has 0 amide bonds. The van der Waals surface area contributed by atoms with E-state index in [1.165, 1.54) is 48.2 Å². The monoisotopic (exact) mass is 1460 g/mol. The first-order valence-corrected chi connectivity index (χ1v) is 37.0. The van der Waals surface area contributed by atoms with Gasteiger partial charge in [-0.2, -0.15) is 0 Å². The number of phenolic OH excluding ortho intramolecular Hbond substituents is 3. The fraction of sp³-hybridized carbons (Fsp3) is 0.419. The van der Waals surface area contributed by atoms with E-state index in [2.05, 4.69) is 48.6 Å². The van der Waals surface area contributed by atoms with Crippen LogP contribution >= 0.6 is 0 Å². The summed E-state index contributed by atoms with van der Waals surface area (Å²) >= 11 is 0. The van der Waals surface area contributed by atoms with E-state index in [1.54, 1.807) is 80.0 Å². The van der Waals surface area contributed by atoms with Crippen LogP contribution in [0.1, 0.15) is 117 Å². The van der Waals surface area contributed by atoms with E-state index in [-0.39, 0.29) is 83.9 Å². The van der Waals surface area contributed by atoms with Gasteiger partial charge in [0.1, 0.15) is 57.6 Å². The maximum Gasteiger partial charge on any atom is 0.195 e. The Kier molecular flexibility index (Phi) is 25.1. The summed E-state index contributed by atoms with van der Waals surface area (Å²) in [5, 5.41) is 37.2. The van der Waals surface area contributed by atoms with Gasteiger partial charge in [-0.25, -0.2) is 18.2 Å². The number of halogens is 3. The normalized spacial score (nSPS) is 24.7. The van der Waals surface area contributed by atoms with Gasteiger partial charge in [-0.3, -0.25) is 43.8 Å². The average molecular weight is 1460 g/mol. The number of hydrogen-bond acceptors (Lipinski definition) is 18. The molecule has 6 aromatic carbocycles. The number of aromatic hydroxyl groups is 4. The summed E-state index contributed by atoms with van der Waals surface area (Å²) in [6.45, 7) is 14.4. The lowest BCUT2D eigenvalue weighted by molar-refractivity contribution is 0.0924. The average Bonchev–Trinajstić information content (AvgIpc) is 1.68. The standard InChI is InChI=1S/2C22H24FNO3.C21H23FN2O3.C20H22N2O3.CH4/c1-14-2-7-19(10-21(14)23)27-20-8-16-11-24(12-17(16)9-20)13-22(26)15-3-5-18(25)6-4-15;1-14-2-5-18(6-3-14)27-19-8-16-11-24(12-17(16)9-19)13-22(26)15-4-7-21(25)20(23)10-15;1-13-4-16(22)8-18(5-13)27-19-6-14-10-24(11-15(14)7-19)12-21(26)20-3-2-17(25)9-23-20;23-17-5-3-14(4-6-17)20(24)13-22-11-15-8-19(9-16(15)12-22)25-18-2-1-7-21-10-18;/h2-7,10,16-17,20,25H,8-9,11-13H2,1H3;2-7,10,16-17,19,25H,8-9,11-13H2,1H3;2-5,8-9,14-15,19,25H,6-7,10-12H2,1H3;1-7,10,15-16,19,23H,8-9,11-13H2;1H4/t16-,17+,20?;16-,17+,19?;14-,15+,19?;15-,16+,19?;. The highest BCUT2D eigenvalue weighted by Crippen LogP contribution is 2.44. The number of aromatic nitrogens is 2. The molecule has 4 aliphatic heterocycles. The maximum atomic E-state index is 13.7. The second kappa shape index (κ2) is 34.9. The van der Waals surface area contributed by atoms with Gasteiger partial charge in [0.05, 0.1) is 63.0 Å². The van der Waals surface area contributed by atoms with E-state index in [0.717, 1.165) is 127 Å². The number of fused-ring (bicyclic) bond motifs is 4. The van der Waals surface area contributed by atoms with E-state index >= 15 is 0 Å². The molecule has 0 radical (unpaired) electrons. The van der Waals surface area contributed by atoms with Gasteiger partial charge >= 0.3 is 0 Å². The number of nitrogens with zero attached hydrogens (tertiary/aromatic N) is 6. The van der Waals surface area contributed by atoms with E-state index in [4.69, 9.17) is 18.9 Å². The van der Waals surface area contributed by atoms with Crippen LogP contribution in [-0.2, 0) is 0 Å². The second-order valence-corrected chi connectivity index (χ2v) is 30.4. The Morgan fingerprint density at radius 3 is 1.22 bits per heavy atom. The molecule has 2 aromatic heterocycles. The Bertz CT molecular complexity index is 4270. The summed E-state index contributed by atoms with van der Waals surface area (Å²) in [4.78, 5) is 66.4. The number of aryl methyl sites for hydroxylation is 3. The summed E-state index contributed by atoms with van der Waals surface area (Å²) in [7, 11) is 0. The molecule has 564 valence electrons.